The van der Waals surface area contributed by atoms with Crippen LogP contribution in [0.25, 0.3) is 0 Å². The van der Waals surface area contributed by atoms with Crippen LogP contribution in [-0.2, 0) is 0 Å². The predicted octanol–water partition coefficient (Wildman–Crippen LogP) is 2.83. The number of aryl methyl sites for hydroxylation is 1. The summed E-state index contributed by atoms with van der Waals surface area (Å²) in [6.07, 6.45) is 1.61. The normalized spacial score (nSPS) is 12.4. The average molecular weight is 299 g/mol. The van der Waals surface area contributed by atoms with Gasteiger partial charge in [0.25, 0.3) is 5.91 Å². The Morgan fingerprint density at radius 2 is 2.24 bits per heavy atom. The average Bonchev–Trinajstić information content (AvgIpc) is 2.87. The van der Waals surface area contributed by atoms with Gasteiger partial charge in [-0.05, 0) is 41.9 Å². The van der Waals surface area contributed by atoms with Crippen molar-refractivity contribution < 1.29 is 13.6 Å². The molecule has 0 radical (unpaired) electrons. The van der Waals surface area contributed by atoms with Gasteiger partial charge in [0.1, 0.15) is 11.8 Å². The molecule has 0 fully saturated rings. The SMILES string of the molecule is Cc1cnc(C(C)NC(=O)c2ccc(Br)o2)o1. The number of furan rings is 1. The van der Waals surface area contributed by atoms with E-state index in [1.54, 1.807) is 32.2 Å². The van der Waals surface area contributed by atoms with Crippen molar-refractivity contribution in [3.8, 4) is 0 Å². The lowest BCUT2D eigenvalue weighted by atomic mass is 10.3. The minimum absolute atomic E-state index is 0.243. The molecule has 0 aliphatic carbocycles. The summed E-state index contributed by atoms with van der Waals surface area (Å²) in [5.41, 5.74) is 0. The van der Waals surface area contributed by atoms with Crippen molar-refractivity contribution in [1.29, 1.82) is 0 Å². The molecule has 1 amide bonds. The van der Waals surface area contributed by atoms with Crippen LogP contribution in [0, 0.1) is 6.92 Å². The van der Waals surface area contributed by atoms with Crippen LogP contribution in [0.5, 0.6) is 0 Å². The van der Waals surface area contributed by atoms with Crippen LogP contribution in [0.1, 0.15) is 35.2 Å². The maximum absolute atomic E-state index is 11.8. The van der Waals surface area contributed by atoms with Crippen molar-refractivity contribution >= 4 is 21.8 Å². The number of amides is 1. The van der Waals surface area contributed by atoms with Crippen molar-refractivity contribution in [1.82, 2.24) is 10.3 Å². The van der Waals surface area contributed by atoms with Crippen LogP contribution in [-0.4, -0.2) is 10.9 Å². The molecule has 2 aromatic rings. The van der Waals surface area contributed by atoms with Crippen LogP contribution in [0.2, 0.25) is 0 Å². The van der Waals surface area contributed by atoms with Crippen LogP contribution in [0.3, 0.4) is 0 Å². The van der Waals surface area contributed by atoms with E-state index in [-0.39, 0.29) is 17.7 Å². The van der Waals surface area contributed by atoms with Crippen molar-refractivity contribution in [2.75, 3.05) is 0 Å². The molecule has 6 heteroatoms. The minimum atomic E-state index is -0.306. The molecule has 1 N–H and O–H groups in total. The zero-order valence-corrected chi connectivity index (χ0v) is 10.9. The molecular formula is C11H11BrN2O3. The highest BCUT2D eigenvalue weighted by Gasteiger charge is 2.17. The van der Waals surface area contributed by atoms with Crippen molar-refractivity contribution in [2.45, 2.75) is 19.9 Å². The zero-order valence-electron chi connectivity index (χ0n) is 9.36. The number of nitrogens with one attached hydrogen (secondary N) is 1. The molecular weight excluding hydrogens is 288 g/mol. The van der Waals surface area contributed by atoms with Gasteiger partial charge in [-0.2, -0.15) is 0 Å². The molecule has 0 saturated carbocycles. The molecule has 0 saturated heterocycles. The topological polar surface area (TPSA) is 68.3 Å². The second kappa shape index (κ2) is 4.75. The largest absolute Gasteiger partial charge is 0.444 e. The van der Waals surface area contributed by atoms with Gasteiger partial charge >= 0.3 is 0 Å². The smallest absolute Gasteiger partial charge is 0.287 e. The van der Waals surface area contributed by atoms with Crippen LogP contribution in [0.15, 0.2) is 31.8 Å². The Bertz CT molecular complexity index is 532. The van der Waals surface area contributed by atoms with E-state index in [4.69, 9.17) is 8.83 Å². The van der Waals surface area contributed by atoms with E-state index in [9.17, 15) is 4.79 Å². The number of halogens is 1. The third-order valence-corrected chi connectivity index (χ3v) is 2.58. The van der Waals surface area contributed by atoms with Crippen molar-refractivity contribution in [3.63, 3.8) is 0 Å². The predicted molar refractivity (Wildman–Crippen MR) is 63.5 cm³/mol. The number of carbonyl (C=O) groups is 1. The van der Waals surface area contributed by atoms with E-state index in [1.165, 1.54) is 0 Å². The van der Waals surface area contributed by atoms with Crippen LogP contribution < -0.4 is 5.32 Å². The maximum Gasteiger partial charge on any atom is 0.287 e. The standard InChI is InChI=1S/C11H11BrN2O3/c1-6-5-13-11(16-6)7(2)14-10(15)8-3-4-9(12)17-8/h3-5,7H,1-2H3,(H,14,15). The third kappa shape index (κ3) is 2.76. The molecule has 1 unspecified atom stereocenters. The van der Waals surface area contributed by atoms with Crippen molar-refractivity contribution in [2.24, 2.45) is 0 Å². The second-order valence-electron chi connectivity index (χ2n) is 3.61. The summed E-state index contributed by atoms with van der Waals surface area (Å²) in [4.78, 5) is 15.8. The van der Waals surface area contributed by atoms with Gasteiger partial charge in [0.05, 0.1) is 6.20 Å². The highest BCUT2D eigenvalue weighted by molar-refractivity contribution is 9.10. The monoisotopic (exact) mass is 298 g/mol. The third-order valence-electron chi connectivity index (χ3n) is 2.15. The minimum Gasteiger partial charge on any atom is -0.444 e. The lowest BCUT2D eigenvalue weighted by molar-refractivity contribution is 0.0904. The molecule has 0 spiro atoms. The number of hydrogen-bond donors (Lipinski definition) is 1. The molecule has 0 aliphatic rings. The Labute approximate surface area is 106 Å². The summed E-state index contributed by atoms with van der Waals surface area (Å²) < 4.78 is 11.0. The maximum atomic E-state index is 11.8. The second-order valence-corrected chi connectivity index (χ2v) is 4.39. The number of aromatic nitrogens is 1. The number of oxazole rings is 1. The lowest BCUT2D eigenvalue weighted by Gasteiger charge is -2.08. The molecule has 17 heavy (non-hydrogen) atoms. The Hall–Kier alpha value is -1.56. The molecule has 5 nitrogen and oxygen atoms in total. The van der Waals surface area contributed by atoms with Gasteiger partial charge in [-0.15, -0.1) is 0 Å². The fourth-order valence-electron chi connectivity index (χ4n) is 1.34. The Kier molecular flexibility index (Phi) is 3.33. The summed E-state index contributed by atoms with van der Waals surface area (Å²) in [6.45, 7) is 3.59. The number of hydrogen-bond acceptors (Lipinski definition) is 4. The quantitative estimate of drug-likeness (QED) is 0.946. The number of carbonyl (C=O) groups excluding carboxylic acids is 1. The van der Waals surface area contributed by atoms with E-state index in [0.29, 0.717) is 16.3 Å². The fourth-order valence-corrected chi connectivity index (χ4v) is 1.64. The molecule has 2 aromatic heterocycles. The van der Waals surface area contributed by atoms with Gasteiger partial charge in [0.2, 0.25) is 5.89 Å². The summed E-state index contributed by atoms with van der Waals surface area (Å²) in [6, 6.07) is 2.95. The van der Waals surface area contributed by atoms with Gasteiger partial charge in [0.15, 0.2) is 10.4 Å². The molecule has 0 bridgehead atoms. The summed E-state index contributed by atoms with van der Waals surface area (Å²) in [5.74, 6) is 1.12. The molecule has 0 aliphatic heterocycles. The zero-order chi connectivity index (χ0) is 12.4. The van der Waals surface area contributed by atoms with Gasteiger partial charge in [-0.1, -0.05) is 0 Å². The van der Waals surface area contributed by atoms with Crippen LogP contribution in [0.4, 0.5) is 0 Å². The van der Waals surface area contributed by atoms with E-state index in [0.717, 1.165) is 0 Å². The summed E-state index contributed by atoms with van der Waals surface area (Å²) in [5, 5.41) is 2.73. The van der Waals surface area contributed by atoms with Gasteiger partial charge in [-0.3, -0.25) is 4.79 Å². The Balaban J connectivity index is 2.04. The number of nitrogens with zero attached hydrogens (tertiary/aromatic N) is 1. The van der Waals surface area contributed by atoms with E-state index in [2.05, 4.69) is 26.2 Å². The van der Waals surface area contributed by atoms with E-state index < -0.39 is 0 Å². The highest BCUT2D eigenvalue weighted by atomic mass is 79.9. The molecule has 1 atom stereocenters. The first-order valence-corrected chi connectivity index (χ1v) is 5.84. The molecule has 2 rings (SSSR count). The van der Waals surface area contributed by atoms with E-state index in [1.807, 2.05) is 0 Å². The summed E-state index contributed by atoms with van der Waals surface area (Å²) >= 11 is 3.14. The molecule has 90 valence electrons. The summed E-state index contributed by atoms with van der Waals surface area (Å²) in [7, 11) is 0. The van der Waals surface area contributed by atoms with E-state index >= 15 is 0 Å². The number of rotatable bonds is 3. The highest BCUT2D eigenvalue weighted by Crippen LogP contribution is 2.16. The van der Waals surface area contributed by atoms with Gasteiger partial charge in [0, 0.05) is 0 Å². The lowest BCUT2D eigenvalue weighted by Crippen LogP contribution is -2.26. The first kappa shape index (κ1) is 11.9. The Morgan fingerprint density at radius 3 is 2.76 bits per heavy atom. The van der Waals surface area contributed by atoms with Crippen molar-refractivity contribution in [3.05, 3.63) is 40.4 Å². The first-order valence-electron chi connectivity index (χ1n) is 5.05. The molecule has 2 heterocycles. The molecule has 0 aromatic carbocycles. The van der Waals surface area contributed by atoms with Gasteiger partial charge in [-0.25, -0.2) is 4.98 Å². The fraction of sp³-hybridized carbons (Fsp3) is 0.273. The first-order chi connectivity index (χ1) is 8.06. The van der Waals surface area contributed by atoms with Gasteiger partial charge < -0.3 is 14.2 Å². The Morgan fingerprint density at radius 1 is 1.47 bits per heavy atom. The van der Waals surface area contributed by atoms with Crippen LogP contribution >= 0.6 is 15.9 Å².